The zero-order chi connectivity index (χ0) is 18.0. The average Bonchev–Trinajstić information content (AvgIpc) is 3.01. The fourth-order valence-electron chi connectivity index (χ4n) is 3.51. The number of nitrogens with zero attached hydrogens (tertiary/aromatic N) is 4. The molecule has 0 spiro atoms. The van der Waals surface area contributed by atoms with Crippen LogP contribution in [0.15, 0.2) is 12.3 Å². The highest BCUT2D eigenvalue weighted by atomic mass is 32.2. The molecule has 25 heavy (non-hydrogen) atoms. The minimum atomic E-state index is -3.10. The molecule has 8 nitrogen and oxygen atoms in total. The first kappa shape index (κ1) is 18.3. The minimum absolute atomic E-state index is 0.0138. The summed E-state index contributed by atoms with van der Waals surface area (Å²) in [6.45, 7) is 2.41. The van der Waals surface area contributed by atoms with Crippen LogP contribution in [0.3, 0.4) is 0 Å². The van der Waals surface area contributed by atoms with E-state index in [1.54, 1.807) is 24.0 Å². The fourth-order valence-corrected chi connectivity index (χ4v) is 4.39. The smallest absolute Gasteiger partial charge is 0.272 e. The van der Waals surface area contributed by atoms with Gasteiger partial charge in [0.25, 0.3) is 5.91 Å². The Morgan fingerprint density at radius 1 is 1.12 bits per heavy atom. The first-order valence-corrected chi connectivity index (χ1v) is 10.6. The molecule has 3 rings (SSSR count). The summed E-state index contributed by atoms with van der Waals surface area (Å²) in [4.78, 5) is 14.3. The molecule has 0 unspecified atom stereocenters. The third-order valence-electron chi connectivity index (χ3n) is 5.02. The SMILES string of the molecule is Cn1nccc1C(=O)N1CCC(OC2CCN(S(C)(=O)=O)CC2)CC1. The van der Waals surface area contributed by atoms with Crippen molar-refractivity contribution in [2.45, 2.75) is 37.9 Å². The molecule has 2 aliphatic heterocycles. The Balaban J connectivity index is 1.44. The number of likely N-dealkylation sites (tertiary alicyclic amines) is 1. The highest BCUT2D eigenvalue weighted by Gasteiger charge is 2.30. The topological polar surface area (TPSA) is 84.7 Å². The first-order valence-electron chi connectivity index (χ1n) is 8.72. The van der Waals surface area contributed by atoms with E-state index in [-0.39, 0.29) is 18.1 Å². The number of rotatable bonds is 4. The maximum absolute atomic E-state index is 12.5. The van der Waals surface area contributed by atoms with Gasteiger partial charge in [-0.05, 0) is 31.7 Å². The van der Waals surface area contributed by atoms with Crippen LogP contribution in [-0.2, 0) is 21.8 Å². The Kier molecular flexibility index (Phi) is 5.45. The maximum Gasteiger partial charge on any atom is 0.272 e. The number of carbonyl (C=O) groups is 1. The van der Waals surface area contributed by atoms with Crippen LogP contribution in [0.1, 0.15) is 36.2 Å². The van der Waals surface area contributed by atoms with Gasteiger partial charge in [0.15, 0.2) is 0 Å². The molecule has 1 amide bonds. The van der Waals surface area contributed by atoms with E-state index in [0.717, 1.165) is 25.7 Å². The molecule has 0 atom stereocenters. The summed E-state index contributed by atoms with van der Waals surface area (Å²) in [5.41, 5.74) is 0.604. The van der Waals surface area contributed by atoms with Gasteiger partial charge < -0.3 is 9.64 Å². The van der Waals surface area contributed by atoms with Crippen LogP contribution in [0.4, 0.5) is 0 Å². The van der Waals surface area contributed by atoms with Gasteiger partial charge in [0.1, 0.15) is 5.69 Å². The number of ether oxygens (including phenoxy) is 1. The van der Waals surface area contributed by atoms with Gasteiger partial charge >= 0.3 is 0 Å². The molecule has 140 valence electrons. The second-order valence-corrected chi connectivity index (χ2v) is 8.81. The molecule has 0 N–H and O–H groups in total. The molecule has 0 aromatic carbocycles. The summed E-state index contributed by atoms with van der Waals surface area (Å²) in [5, 5.41) is 4.05. The molecule has 3 heterocycles. The van der Waals surface area contributed by atoms with E-state index in [4.69, 9.17) is 4.74 Å². The van der Waals surface area contributed by atoms with Crippen molar-refractivity contribution < 1.29 is 17.9 Å². The van der Waals surface area contributed by atoms with Crippen molar-refractivity contribution in [1.82, 2.24) is 19.0 Å². The summed E-state index contributed by atoms with van der Waals surface area (Å²) in [6, 6.07) is 1.74. The quantitative estimate of drug-likeness (QED) is 0.769. The van der Waals surface area contributed by atoms with Crippen molar-refractivity contribution in [3.05, 3.63) is 18.0 Å². The van der Waals surface area contributed by atoms with Crippen LogP contribution in [0.25, 0.3) is 0 Å². The summed E-state index contributed by atoms with van der Waals surface area (Å²) >= 11 is 0. The van der Waals surface area contributed by atoms with E-state index in [0.29, 0.717) is 31.9 Å². The summed E-state index contributed by atoms with van der Waals surface area (Å²) in [5.74, 6) is 0.0138. The highest BCUT2D eigenvalue weighted by molar-refractivity contribution is 7.88. The van der Waals surface area contributed by atoms with Crippen molar-refractivity contribution in [3.63, 3.8) is 0 Å². The lowest BCUT2D eigenvalue weighted by molar-refractivity contribution is -0.0558. The Labute approximate surface area is 148 Å². The number of carbonyl (C=O) groups excluding carboxylic acids is 1. The van der Waals surface area contributed by atoms with Gasteiger partial charge in [0, 0.05) is 39.4 Å². The summed E-state index contributed by atoms with van der Waals surface area (Å²) < 4.78 is 32.4. The van der Waals surface area contributed by atoms with Gasteiger partial charge in [0.05, 0.1) is 18.5 Å². The molecule has 2 fully saturated rings. The van der Waals surface area contributed by atoms with Crippen molar-refractivity contribution in [2.75, 3.05) is 32.4 Å². The molecule has 2 aliphatic rings. The number of hydrogen-bond acceptors (Lipinski definition) is 5. The Bertz CT molecular complexity index is 701. The summed E-state index contributed by atoms with van der Waals surface area (Å²) in [7, 11) is -1.33. The zero-order valence-corrected chi connectivity index (χ0v) is 15.6. The molecule has 1 aromatic heterocycles. The minimum Gasteiger partial charge on any atom is -0.375 e. The molecule has 0 radical (unpaired) electrons. The van der Waals surface area contributed by atoms with Crippen molar-refractivity contribution in [3.8, 4) is 0 Å². The molecule has 0 saturated carbocycles. The second-order valence-electron chi connectivity index (χ2n) is 6.83. The maximum atomic E-state index is 12.5. The van der Waals surface area contributed by atoms with Crippen LogP contribution in [-0.4, -0.2) is 78.0 Å². The lowest BCUT2D eigenvalue weighted by atomic mass is 10.1. The number of amides is 1. The number of hydrogen-bond donors (Lipinski definition) is 0. The molecule has 0 bridgehead atoms. The lowest BCUT2D eigenvalue weighted by Gasteiger charge is -2.36. The van der Waals surface area contributed by atoms with Gasteiger partial charge in [-0.3, -0.25) is 9.48 Å². The Hall–Kier alpha value is -1.45. The third-order valence-corrected chi connectivity index (χ3v) is 6.33. The molecule has 9 heteroatoms. The molecular weight excluding hydrogens is 344 g/mol. The van der Waals surface area contributed by atoms with Gasteiger partial charge in [-0.25, -0.2) is 12.7 Å². The third kappa shape index (κ3) is 4.39. The van der Waals surface area contributed by atoms with Crippen LogP contribution < -0.4 is 0 Å². The monoisotopic (exact) mass is 370 g/mol. The Morgan fingerprint density at radius 2 is 1.68 bits per heavy atom. The Morgan fingerprint density at radius 3 is 2.16 bits per heavy atom. The molecule has 2 saturated heterocycles. The van der Waals surface area contributed by atoms with Gasteiger partial charge in [-0.1, -0.05) is 0 Å². The normalized spacial score (nSPS) is 21.6. The van der Waals surface area contributed by atoms with Crippen LogP contribution >= 0.6 is 0 Å². The van der Waals surface area contributed by atoms with E-state index in [9.17, 15) is 13.2 Å². The number of piperidine rings is 2. The first-order chi connectivity index (χ1) is 11.8. The van der Waals surface area contributed by atoms with Crippen LogP contribution in [0, 0.1) is 0 Å². The van der Waals surface area contributed by atoms with E-state index in [2.05, 4.69) is 5.10 Å². The highest BCUT2D eigenvalue weighted by Crippen LogP contribution is 2.22. The van der Waals surface area contributed by atoms with Gasteiger partial charge in [-0.15, -0.1) is 0 Å². The van der Waals surface area contributed by atoms with Crippen molar-refractivity contribution in [1.29, 1.82) is 0 Å². The molecule has 0 aliphatic carbocycles. The van der Waals surface area contributed by atoms with Crippen LogP contribution in [0.5, 0.6) is 0 Å². The number of aromatic nitrogens is 2. The van der Waals surface area contributed by atoms with Gasteiger partial charge in [0.2, 0.25) is 10.0 Å². The van der Waals surface area contributed by atoms with E-state index < -0.39 is 10.0 Å². The lowest BCUT2D eigenvalue weighted by Crippen LogP contribution is -2.44. The largest absolute Gasteiger partial charge is 0.375 e. The summed E-state index contributed by atoms with van der Waals surface area (Å²) in [6.07, 6.45) is 6.25. The second kappa shape index (κ2) is 7.43. The average molecular weight is 370 g/mol. The van der Waals surface area contributed by atoms with E-state index >= 15 is 0 Å². The van der Waals surface area contributed by atoms with Gasteiger partial charge in [-0.2, -0.15) is 5.10 Å². The standard InChI is InChI=1S/C16H26N4O4S/c1-18-15(3-8-17-18)16(21)19-9-4-13(5-10-19)24-14-6-11-20(12-7-14)25(2,22)23/h3,8,13-14H,4-7,9-12H2,1-2H3. The number of aryl methyl sites for hydroxylation is 1. The van der Waals surface area contributed by atoms with Crippen molar-refractivity contribution >= 4 is 15.9 Å². The predicted octanol–water partition coefficient (Wildman–Crippen LogP) is 0.465. The van der Waals surface area contributed by atoms with Crippen molar-refractivity contribution in [2.24, 2.45) is 7.05 Å². The molecular formula is C16H26N4O4S. The molecule has 1 aromatic rings. The number of sulfonamides is 1. The van der Waals surface area contributed by atoms with E-state index in [1.165, 1.54) is 10.6 Å². The predicted molar refractivity (Wildman–Crippen MR) is 92.7 cm³/mol. The fraction of sp³-hybridized carbons (Fsp3) is 0.750. The van der Waals surface area contributed by atoms with Crippen LogP contribution in [0.2, 0.25) is 0 Å². The zero-order valence-electron chi connectivity index (χ0n) is 14.8. The van der Waals surface area contributed by atoms with E-state index in [1.807, 2.05) is 4.90 Å².